The molecule has 0 saturated carbocycles. The van der Waals surface area contributed by atoms with Gasteiger partial charge in [-0.2, -0.15) is 0 Å². The molecule has 3 nitrogen and oxygen atoms in total. The third-order valence-electron chi connectivity index (χ3n) is 2.42. The van der Waals surface area contributed by atoms with Crippen molar-refractivity contribution in [2.75, 3.05) is 0 Å². The highest BCUT2D eigenvalue weighted by atomic mass is 16.4. The van der Waals surface area contributed by atoms with Gasteiger partial charge in [0.05, 0.1) is 6.10 Å². The number of hydrogen-bond acceptors (Lipinski definition) is 2. The summed E-state index contributed by atoms with van der Waals surface area (Å²) in [7, 11) is 0. The maximum absolute atomic E-state index is 10.2. The smallest absolute Gasteiger partial charge is 0.303 e. The number of hydrogen-bond donors (Lipinski definition) is 2. The van der Waals surface area contributed by atoms with Crippen molar-refractivity contribution in [3.8, 4) is 0 Å². The van der Waals surface area contributed by atoms with Gasteiger partial charge in [0.25, 0.3) is 0 Å². The van der Waals surface area contributed by atoms with Crippen LogP contribution in [0.3, 0.4) is 0 Å². The van der Waals surface area contributed by atoms with E-state index in [1.807, 2.05) is 0 Å². The molecule has 0 fully saturated rings. The van der Waals surface area contributed by atoms with Crippen molar-refractivity contribution in [2.45, 2.75) is 64.9 Å². The van der Waals surface area contributed by atoms with E-state index in [0.29, 0.717) is 5.92 Å². The van der Waals surface area contributed by atoms with Crippen LogP contribution in [0.4, 0.5) is 0 Å². The van der Waals surface area contributed by atoms with Crippen molar-refractivity contribution in [1.29, 1.82) is 0 Å². The van der Waals surface area contributed by atoms with E-state index in [4.69, 9.17) is 5.11 Å². The minimum Gasteiger partial charge on any atom is -0.481 e. The normalized spacial score (nSPS) is 13.1. The molecule has 0 aromatic carbocycles. The van der Waals surface area contributed by atoms with Gasteiger partial charge in [-0.25, -0.2) is 0 Å². The van der Waals surface area contributed by atoms with Gasteiger partial charge in [0, 0.05) is 6.42 Å². The number of carboxylic acid groups (broad SMARTS) is 1. The van der Waals surface area contributed by atoms with Crippen molar-refractivity contribution in [2.24, 2.45) is 5.92 Å². The fraction of sp³-hybridized carbons (Fsp3) is 0.917. The number of unbranched alkanes of at least 4 members (excludes halogenated alkanes) is 3. The molecule has 0 saturated heterocycles. The first kappa shape index (κ1) is 14.4. The Bertz CT molecular complexity index is 166. The molecule has 2 N–H and O–H groups in total. The largest absolute Gasteiger partial charge is 0.481 e. The molecule has 0 heterocycles. The molecule has 0 aromatic heterocycles. The zero-order valence-corrected chi connectivity index (χ0v) is 9.91. The molecule has 0 spiro atoms. The highest BCUT2D eigenvalue weighted by Gasteiger charge is 2.06. The highest BCUT2D eigenvalue weighted by molar-refractivity contribution is 5.66. The fourth-order valence-corrected chi connectivity index (χ4v) is 1.67. The monoisotopic (exact) mass is 216 g/mol. The van der Waals surface area contributed by atoms with E-state index in [9.17, 15) is 9.90 Å². The zero-order chi connectivity index (χ0) is 11.7. The third-order valence-corrected chi connectivity index (χ3v) is 2.42. The summed E-state index contributed by atoms with van der Waals surface area (Å²) in [5, 5.41) is 18.0. The lowest BCUT2D eigenvalue weighted by atomic mass is 10.0. The average Bonchev–Trinajstić information content (AvgIpc) is 2.09. The quantitative estimate of drug-likeness (QED) is 0.583. The molecular weight excluding hydrogens is 192 g/mol. The van der Waals surface area contributed by atoms with Gasteiger partial charge in [0.15, 0.2) is 0 Å². The van der Waals surface area contributed by atoms with E-state index in [0.717, 1.165) is 38.5 Å². The van der Waals surface area contributed by atoms with Gasteiger partial charge >= 0.3 is 5.97 Å². The zero-order valence-electron chi connectivity index (χ0n) is 9.91. The summed E-state index contributed by atoms with van der Waals surface area (Å²) in [5.74, 6) is -0.165. The summed E-state index contributed by atoms with van der Waals surface area (Å²) in [6.07, 6.45) is 5.57. The molecule has 15 heavy (non-hydrogen) atoms. The Morgan fingerprint density at radius 1 is 1.13 bits per heavy atom. The summed E-state index contributed by atoms with van der Waals surface area (Å²) < 4.78 is 0. The highest BCUT2D eigenvalue weighted by Crippen LogP contribution is 2.12. The Morgan fingerprint density at radius 3 is 2.27 bits per heavy atom. The fourth-order valence-electron chi connectivity index (χ4n) is 1.67. The molecule has 0 aliphatic carbocycles. The molecule has 0 aromatic rings. The molecule has 1 atom stereocenters. The van der Waals surface area contributed by atoms with Crippen LogP contribution < -0.4 is 0 Å². The van der Waals surface area contributed by atoms with E-state index in [1.165, 1.54) is 0 Å². The Balaban J connectivity index is 3.20. The second-order valence-electron chi connectivity index (χ2n) is 4.63. The van der Waals surface area contributed by atoms with Gasteiger partial charge in [-0.1, -0.05) is 33.1 Å². The molecule has 0 bridgehead atoms. The van der Waals surface area contributed by atoms with Crippen LogP contribution in [0.15, 0.2) is 0 Å². The Labute approximate surface area is 92.5 Å². The van der Waals surface area contributed by atoms with E-state index in [1.54, 1.807) is 0 Å². The first-order chi connectivity index (χ1) is 7.02. The van der Waals surface area contributed by atoms with Crippen LogP contribution >= 0.6 is 0 Å². The van der Waals surface area contributed by atoms with E-state index in [2.05, 4.69) is 13.8 Å². The van der Waals surface area contributed by atoms with E-state index < -0.39 is 5.97 Å². The molecule has 0 aliphatic heterocycles. The van der Waals surface area contributed by atoms with Crippen LogP contribution in [-0.4, -0.2) is 22.3 Å². The minimum atomic E-state index is -0.713. The first-order valence-electron chi connectivity index (χ1n) is 5.92. The second kappa shape index (κ2) is 8.72. The summed E-state index contributed by atoms with van der Waals surface area (Å²) in [6, 6.07) is 0. The van der Waals surface area contributed by atoms with E-state index in [-0.39, 0.29) is 12.5 Å². The van der Waals surface area contributed by atoms with Crippen LogP contribution in [-0.2, 0) is 4.79 Å². The van der Waals surface area contributed by atoms with Crippen LogP contribution in [0, 0.1) is 5.92 Å². The van der Waals surface area contributed by atoms with Crippen molar-refractivity contribution >= 4 is 5.97 Å². The van der Waals surface area contributed by atoms with Gasteiger partial charge in [-0.3, -0.25) is 4.79 Å². The van der Waals surface area contributed by atoms with Crippen LogP contribution in [0.5, 0.6) is 0 Å². The summed E-state index contributed by atoms with van der Waals surface area (Å²) in [6.45, 7) is 4.21. The third kappa shape index (κ3) is 11.4. The van der Waals surface area contributed by atoms with Crippen molar-refractivity contribution in [3.63, 3.8) is 0 Å². The van der Waals surface area contributed by atoms with Crippen molar-refractivity contribution < 1.29 is 15.0 Å². The lowest BCUT2D eigenvalue weighted by molar-refractivity contribution is -0.137. The summed E-state index contributed by atoms with van der Waals surface area (Å²) in [5.41, 5.74) is 0. The lowest BCUT2D eigenvalue weighted by Crippen LogP contribution is -2.09. The number of carbonyl (C=O) groups is 1. The molecule has 0 aliphatic rings. The summed E-state index contributed by atoms with van der Waals surface area (Å²) in [4.78, 5) is 10.2. The van der Waals surface area contributed by atoms with Crippen LogP contribution in [0.1, 0.15) is 58.8 Å². The molecule has 0 radical (unpaired) electrons. The molecular formula is C12H24O3. The predicted molar refractivity (Wildman–Crippen MR) is 60.8 cm³/mol. The number of aliphatic hydroxyl groups is 1. The number of rotatable bonds is 9. The van der Waals surface area contributed by atoms with Gasteiger partial charge < -0.3 is 10.2 Å². The van der Waals surface area contributed by atoms with Gasteiger partial charge in [-0.05, 0) is 25.2 Å². The molecule has 0 rings (SSSR count). The number of carboxylic acids is 1. The van der Waals surface area contributed by atoms with Gasteiger partial charge in [-0.15, -0.1) is 0 Å². The second-order valence-corrected chi connectivity index (χ2v) is 4.63. The summed E-state index contributed by atoms with van der Waals surface area (Å²) >= 11 is 0. The minimum absolute atomic E-state index is 0.176. The average molecular weight is 216 g/mol. The van der Waals surface area contributed by atoms with Gasteiger partial charge in [0.1, 0.15) is 0 Å². The molecule has 1 unspecified atom stereocenters. The van der Waals surface area contributed by atoms with Crippen LogP contribution in [0.2, 0.25) is 0 Å². The maximum atomic E-state index is 10.2. The molecule has 3 heteroatoms. The standard InChI is InChI=1S/C12H24O3/c1-10(2)9-11(13)7-5-3-4-6-8-12(14)15/h10-11,13H,3-9H2,1-2H3,(H,14,15). The molecule has 90 valence electrons. The van der Waals surface area contributed by atoms with Crippen molar-refractivity contribution in [1.82, 2.24) is 0 Å². The maximum Gasteiger partial charge on any atom is 0.303 e. The first-order valence-corrected chi connectivity index (χ1v) is 5.92. The topological polar surface area (TPSA) is 57.5 Å². The number of aliphatic carboxylic acids is 1. The molecule has 0 amide bonds. The van der Waals surface area contributed by atoms with E-state index >= 15 is 0 Å². The SMILES string of the molecule is CC(C)CC(O)CCCCCCC(=O)O. The number of aliphatic hydroxyl groups excluding tert-OH is 1. The Kier molecular flexibility index (Phi) is 8.38. The Hall–Kier alpha value is -0.570. The predicted octanol–water partition coefficient (Wildman–Crippen LogP) is 2.82. The lowest BCUT2D eigenvalue weighted by Gasteiger charge is -2.12. The van der Waals surface area contributed by atoms with Crippen LogP contribution in [0.25, 0.3) is 0 Å². The van der Waals surface area contributed by atoms with Gasteiger partial charge in [0.2, 0.25) is 0 Å². The van der Waals surface area contributed by atoms with Crippen molar-refractivity contribution in [3.05, 3.63) is 0 Å². The Morgan fingerprint density at radius 2 is 1.73 bits per heavy atom.